The fourth-order valence-electron chi connectivity index (χ4n) is 4.55. The summed E-state index contributed by atoms with van der Waals surface area (Å²) < 4.78 is 34.6. The van der Waals surface area contributed by atoms with Crippen molar-refractivity contribution in [3.05, 3.63) is 59.2 Å². The Bertz CT molecular complexity index is 1040. The molecule has 1 unspecified atom stereocenters. The summed E-state index contributed by atoms with van der Waals surface area (Å²) in [4.78, 5) is 4.91. The van der Waals surface area contributed by atoms with Gasteiger partial charge >= 0.3 is 0 Å². The third-order valence-corrected chi connectivity index (χ3v) is 8.04. The van der Waals surface area contributed by atoms with Crippen LogP contribution in [0.15, 0.2) is 47.4 Å². The lowest BCUT2D eigenvalue weighted by atomic mass is 9.87. The molecule has 0 aromatic heterocycles. The quantitative estimate of drug-likeness (QED) is 0.721. The minimum atomic E-state index is -3.60. The van der Waals surface area contributed by atoms with Gasteiger partial charge in [0.15, 0.2) is 0 Å². The number of hydrogen-bond acceptors (Lipinski definition) is 5. The van der Waals surface area contributed by atoms with Gasteiger partial charge in [0.2, 0.25) is 10.0 Å². The van der Waals surface area contributed by atoms with E-state index < -0.39 is 10.0 Å². The lowest BCUT2D eigenvalue weighted by Crippen LogP contribution is -2.43. The molecule has 0 saturated carbocycles. The van der Waals surface area contributed by atoms with Crippen molar-refractivity contribution in [2.75, 3.05) is 51.3 Å². The molecule has 1 N–H and O–H groups in total. The second-order valence-electron chi connectivity index (χ2n) is 9.85. The minimum absolute atomic E-state index is 0.0151. The van der Waals surface area contributed by atoms with Gasteiger partial charge in [0.05, 0.1) is 18.1 Å². The summed E-state index contributed by atoms with van der Waals surface area (Å²) in [6.07, 6.45) is 1.03. The lowest BCUT2D eigenvalue weighted by molar-refractivity contribution is 0.0172. The first-order chi connectivity index (χ1) is 15.1. The Morgan fingerprint density at radius 1 is 1.03 bits per heavy atom. The highest BCUT2D eigenvalue weighted by atomic mass is 32.2. The van der Waals surface area contributed by atoms with Crippen LogP contribution in [0.25, 0.3) is 0 Å². The molecule has 1 atom stereocenters. The van der Waals surface area contributed by atoms with Crippen molar-refractivity contribution in [2.45, 2.75) is 43.5 Å². The number of anilines is 1. The van der Waals surface area contributed by atoms with Gasteiger partial charge in [-0.1, -0.05) is 45.0 Å². The number of likely N-dealkylation sites (N-methyl/N-ethyl adjacent to an activating group) is 1. The van der Waals surface area contributed by atoms with Crippen molar-refractivity contribution in [1.29, 1.82) is 0 Å². The van der Waals surface area contributed by atoms with E-state index in [1.54, 1.807) is 12.1 Å². The van der Waals surface area contributed by atoms with Crippen LogP contribution in [-0.4, -0.2) is 59.8 Å². The second kappa shape index (κ2) is 9.14. The molecule has 2 aromatic carbocycles. The third-order valence-electron chi connectivity index (χ3n) is 6.60. The summed E-state index contributed by atoms with van der Waals surface area (Å²) in [7, 11) is -1.49. The van der Waals surface area contributed by atoms with E-state index in [0.717, 1.165) is 37.2 Å². The Balaban J connectivity index is 1.55. The molecule has 174 valence electrons. The summed E-state index contributed by atoms with van der Waals surface area (Å²) in [5, 5.41) is 0. The van der Waals surface area contributed by atoms with Gasteiger partial charge in [-0.25, -0.2) is 13.1 Å². The highest BCUT2D eigenvalue weighted by Crippen LogP contribution is 2.31. The van der Waals surface area contributed by atoms with Gasteiger partial charge < -0.3 is 9.64 Å². The average Bonchev–Trinajstić information content (AvgIpc) is 3.14. The van der Waals surface area contributed by atoms with E-state index in [-0.39, 0.29) is 11.5 Å². The number of sulfonamides is 1. The van der Waals surface area contributed by atoms with Crippen molar-refractivity contribution in [3.63, 3.8) is 0 Å². The standard InChI is InChI=1S/C25H35N3O3S/c1-25(2,3)21-6-8-22(9-7-21)32(29,30)26-18-24(28-13-15-31-16-14-28)19-5-10-23-20(17-19)11-12-27(23)4/h5-10,17,24,26H,11-16,18H2,1-4H3. The van der Waals surface area contributed by atoms with Crippen molar-refractivity contribution in [1.82, 2.24) is 9.62 Å². The zero-order chi connectivity index (χ0) is 22.9. The molecule has 7 heteroatoms. The molecule has 0 amide bonds. The smallest absolute Gasteiger partial charge is 0.240 e. The summed E-state index contributed by atoms with van der Waals surface area (Å²) in [6, 6.07) is 13.8. The number of rotatable bonds is 6. The highest BCUT2D eigenvalue weighted by Gasteiger charge is 2.27. The number of benzene rings is 2. The van der Waals surface area contributed by atoms with Gasteiger partial charge in [-0.2, -0.15) is 0 Å². The van der Waals surface area contributed by atoms with E-state index in [0.29, 0.717) is 24.7 Å². The maximum atomic E-state index is 13.1. The van der Waals surface area contributed by atoms with E-state index in [4.69, 9.17) is 4.74 Å². The van der Waals surface area contributed by atoms with Crippen molar-refractivity contribution >= 4 is 15.7 Å². The van der Waals surface area contributed by atoms with Gasteiger partial charge in [0.1, 0.15) is 0 Å². The van der Waals surface area contributed by atoms with Gasteiger partial charge in [-0.05, 0) is 46.7 Å². The minimum Gasteiger partial charge on any atom is -0.379 e. The van der Waals surface area contributed by atoms with E-state index >= 15 is 0 Å². The Morgan fingerprint density at radius 3 is 2.38 bits per heavy atom. The average molecular weight is 458 g/mol. The van der Waals surface area contributed by atoms with Crippen LogP contribution in [0.3, 0.4) is 0 Å². The molecular formula is C25H35N3O3S. The van der Waals surface area contributed by atoms with Crippen molar-refractivity contribution < 1.29 is 13.2 Å². The molecule has 1 saturated heterocycles. The van der Waals surface area contributed by atoms with Crippen LogP contribution >= 0.6 is 0 Å². The molecule has 1 fully saturated rings. The predicted octanol–water partition coefficient (Wildman–Crippen LogP) is 3.33. The number of nitrogens with zero attached hydrogens (tertiary/aromatic N) is 2. The largest absolute Gasteiger partial charge is 0.379 e. The zero-order valence-electron chi connectivity index (χ0n) is 19.6. The fraction of sp³-hybridized carbons (Fsp3) is 0.520. The first-order valence-corrected chi connectivity index (χ1v) is 12.9. The van der Waals surface area contributed by atoms with Gasteiger partial charge in [0, 0.05) is 45.0 Å². The summed E-state index contributed by atoms with van der Waals surface area (Å²) in [6.45, 7) is 10.7. The molecule has 0 bridgehead atoms. The molecule has 6 nitrogen and oxygen atoms in total. The van der Waals surface area contributed by atoms with Gasteiger partial charge in [-0.15, -0.1) is 0 Å². The zero-order valence-corrected chi connectivity index (χ0v) is 20.4. The van der Waals surface area contributed by atoms with Crippen LogP contribution in [0.4, 0.5) is 5.69 Å². The second-order valence-corrected chi connectivity index (χ2v) is 11.6. The van der Waals surface area contributed by atoms with Gasteiger partial charge in [-0.3, -0.25) is 4.90 Å². The van der Waals surface area contributed by atoms with Crippen LogP contribution in [0.1, 0.15) is 43.5 Å². The first kappa shape index (κ1) is 23.2. The van der Waals surface area contributed by atoms with Crippen LogP contribution in [-0.2, 0) is 26.6 Å². The van der Waals surface area contributed by atoms with Gasteiger partial charge in [0.25, 0.3) is 0 Å². The highest BCUT2D eigenvalue weighted by molar-refractivity contribution is 7.89. The Hall–Kier alpha value is -1.93. The molecule has 2 heterocycles. The van der Waals surface area contributed by atoms with E-state index in [2.05, 4.69) is 60.5 Å². The predicted molar refractivity (Wildman–Crippen MR) is 129 cm³/mol. The number of morpholine rings is 1. The van der Waals surface area contributed by atoms with Crippen molar-refractivity contribution in [3.8, 4) is 0 Å². The third kappa shape index (κ3) is 5.01. The summed E-state index contributed by atoms with van der Waals surface area (Å²) in [5.41, 5.74) is 4.87. The van der Waals surface area contributed by atoms with Crippen LogP contribution in [0, 0.1) is 0 Å². The maximum Gasteiger partial charge on any atom is 0.240 e. The van der Waals surface area contributed by atoms with Crippen molar-refractivity contribution in [2.24, 2.45) is 0 Å². The normalized spacial score (nSPS) is 18.6. The molecule has 2 aromatic rings. The number of nitrogens with one attached hydrogen (secondary N) is 1. The molecule has 0 radical (unpaired) electrons. The van der Waals surface area contributed by atoms with E-state index in [1.807, 2.05) is 12.1 Å². The lowest BCUT2D eigenvalue weighted by Gasteiger charge is -2.35. The monoisotopic (exact) mass is 457 g/mol. The molecule has 2 aliphatic rings. The number of ether oxygens (including phenoxy) is 1. The molecular weight excluding hydrogens is 422 g/mol. The topological polar surface area (TPSA) is 61.9 Å². The Labute approximate surface area is 192 Å². The molecule has 4 rings (SSSR count). The molecule has 0 spiro atoms. The van der Waals surface area contributed by atoms with E-state index in [1.165, 1.54) is 11.3 Å². The fourth-order valence-corrected chi connectivity index (χ4v) is 5.59. The SMILES string of the molecule is CN1CCc2cc(C(CNS(=O)(=O)c3ccc(C(C)(C)C)cc3)N3CCOCC3)ccc21. The Kier molecular flexibility index (Phi) is 6.63. The summed E-state index contributed by atoms with van der Waals surface area (Å²) >= 11 is 0. The summed E-state index contributed by atoms with van der Waals surface area (Å²) in [5.74, 6) is 0. The molecule has 2 aliphatic heterocycles. The maximum absolute atomic E-state index is 13.1. The van der Waals surface area contributed by atoms with E-state index in [9.17, 15) is 8.42 Å². The molecule has 32 heavy (non-hydrogen) atoms. The van der Waals surface area contributed by atoms with Crippen LogP contribution in [0.5, 0.6) is 0 Å². The van der Waals surface area contributed by atoms with Crippen LogP contribution < -0.4 is 9.62 Å². The number of fused-ring (bicyclic) bond motifs is 1. The Morgan fingerprint density at radius 2 is 1.72 bits per heavy atom. The molecule has 0 aliphatic carbocycles. The number of hydrogen-bond donors (Lipinski definition) is 1. The van der Waals surface area contributed by atoms with Crippen LogP contribution in [0.2, 0.25) is 0 Å². The first-order valence-electron chi connectivity index (χ1n) is 11.4.